The molecule has 4 nitrogen and oxygen atoms in total. The van der Waals surface area contributed by atoms with Crippen LogP contribution in [0.5, 0.6) is 0 Å². The standard InChI is InChI=1S/C12H11N3OS/c1-17-12(16)15-13-8-10-7-6-9-4-2-3-5-11(9)14-10/h2-8H,1H3,(H,15,16)/b13-8+. The van der Waals surface area contributed by atoms with Gasteiger partial charge >= 0.3 is 0 Å². The number of rotatable bonds is 2. The van der Waals surface area contributed by atoms with Gasteiger partial charge in [0, 0.05) is 5.39 Å². The number of nitrogens with one attached hydrogen (secondary N) is 1. The number of fused-ring (bicyclic) bond motifs is 1. The van der Waals surface area contributed by atoms with Crippen LogP contribution in [0, 0.1) is 0 Å². The molecule has 0 spiro atoms. The van der Waals surface area contributed by atoms with Crippen molar-refractivity contribution in [2.24, 2.45) is 5.10 Å². The Kier molecular flexibility index (Phi) is 3.72. The van der Waals surface area contributed by atoms with Crippen LogP contribution >= 0.6 is 11.8 Å². The molecule has 1 heterocycles. The van der Waals surface area contributed by atoms with E-state index in [4.69, 9.17) is 0 Å². The van der Waals surface area contributed by atoms with Crippen LogP contribution in [0.4, 0.5) is 4.79 Å². The van der Waals surface area contributed by atoms with Crippen molar-refractivity contribution in [2.75, 3.05) is 6.26 Å². The molecule has 17 heavy (non-hydrogen) atoms. The highest BCUT2D eigenvalue weighted by atomic mass is 32.2. The van der Waals surface area contributed by atoms with E-state index in [2.05, 4.69) is 15.5 Å². The fraction of sp³-hybridized carbons (Fsp3) is 0.0833. The Morgan fingerprint density at radius 1 is 1.35 bits per heavy atom. The van der Waals surface area contributed by atoms with Crippen LogP contribution in [0.3, 0.4) is 0 Å². The number of para-hydroxylation sites is 1. The summed E-state index contributed by atoms with van der Waals surface area (Å²) >= 11 is 1.08. The minimum absolute atomic E-state index is 0.193. The topological polar surface area (TPSA) is 54.4 Å². The molecule has 0 aliphatic heterocycles. The van der Waals surface area contributed by atoms with E-state index in [0.29, 0.717) is 5.69 Å². The van der Waals surface area contributed by atoms with Gasteiger partial charge < -0.3 is 0 Å². The molecular formula is C12H11N3OS. The minimum Gasteiger partial charge on any atom is -0.260 e. The summed E-state index contributed by atoms with van der Waals surface area (Å²) in [6.45, 7) is 0. The zero-order valence-corrected chi connectivity index (χ0v) is 10.1. The first-order valence-electron chi connectivity index (χ1n) is 5.02. The van der Waals surface area contributed by atoms with E-state index < -0.39 is 0 Å². The molecule has 1 N–H and O–H groups in total. The summed E-state index contributed by atoms with van der Waals surface area (Å²) in [5.41, 5.74) is 4.01. The van der Waals surface area contributed by atoms with Gasteiger partial charge in [-0.15, -0.1) is 0 Å². The first-order valence-corrected chi connectivity index (χ1v) is 6.25. The van der Waals surface area contributed by atoms with Gasteiger partial charge in [-0.05, 0) is 18.4 Å². The van der Waals surface area contributed by atoms with Crippen LogP contribution in [-0.4, -0.2) is 22.7 Å². The summed E-state index contributed by atoms with van der Waals surface area (Å²) in [6.07, 6.45) is 3.22. The number of hydrogen-bond donors (Lipinski definition) is 1. The van der Waals surface area contributed by atoms with E-state index in [1.165, 1.54) is 6.21 Å². The summed E-state index contributed by atoms with van der Waals surface area (Å²) in [5, 5.41) is 4.70. The van der Waals surface area contributed by atoms with Crippen molar-refractivity contribution < 1.29 is 4.79 Å². The van der Waals surface area contributed by atoms with Crippen LogP contribution in [-0.2, 0) is 0 Å². The Morgan fingerprint density at radius 3 is 3.00 bits per heavy atom. The second kappa shape index (κ2) is 5.45. The molecule has 1 aromatic heterocycles. The molecule has 1 amide bonds. The third-order valence-corrected chi connectivity index (χ3v) is 2.62. The number of benzene rings is 1. The number of thioether (sulfide) groups is 1. The molecule has 0 atom stereocenters. The van der Waals surface area contributed by atoms with E-state index >= 15 is 0 Å². The summed E-state index contributed by atoms with van der Waals surface area (Å²) < 4.78 is 0. The lowest BCUT2D eigenvalue weighted by Crippen LogP contribution is -2.10. The Hall–Kier alpha value is -1.88. The van der Waals surface area contributed by atoms with E-state index in [1.807, 2.05) is 36.4 Å². The quantitative estimate of drug-likeness (QED) is 0.653. The molecule has 0 aliphatic carbocycles. The average molecular weight is 245 g/mol. The van der Waals surface area contributed by atoms with Gasteiger partial charge in [-0.1, -0.05) is 36.0 Å². The summed E-state index contributed by atoms with van der Waals surface area (Å²) in [7, 11) is 0. The Balaban J connectivity index is 2.16. The Labute approximate surface area is 103 Å². The molecule has 0 unspecified atom stereocenters. The Morgan fingerprint density at radius 2 is 2.18 bits per heavy atom. The smallest absolute Gasteiger partial charge is 0.260 e. The number of nitrogens with zero attached hydrogens (tertiary/aromatic N) is 2. The number of aromatic nitrogens is 1. The van der Waals surface area contributed by atoms with Crippen LogP contribution < -0.4 is 5.43 Å². The summed E-state index contributed by atoms with van der Waals surface area (Å²) in [6, 6.07) is 11.7. The number of hydrogen-bond acceptors (Lipinski definition) is 4. The highest BCUT2D eigenvalue weighted by Crippen LogP contribution is 2.10. The van der Waals surface area contributed by atoms with Crippen LogP contribution in [0.1, 0.15) is 5.69 Å². The largest absolute Gasteiger partial charge is 0.298 e. The van der Waals surface area contributed by atoms with E-state index in [1.54, 1.807) is 6.26 Å². The van der Waals surface area contributed by atoms with E-state index in [9.17, 15) is 4.79 Å². The number of carbonyl (C=O) groups excluding carboxylic acids is 1. The number of carbonyl (C=O) groups is 1. The fourth-order valence-corrected chi connectivity index (χ4v) is 1.49. The van der Waals surface area contributed by atoms with Gasteiger partial charge in [0.2, 0.25) is 0 Å². The van der Waals surface area contributed by atoms with Gasteiger partial charge in [-0.2, -0.15) is 5.10 Å². The van der Waals surface area contributed by atoms with Crippen molar-refractivity contribution >= 4 is 34.1 Å². The fourth-order valence-electron chi connectivity index (χ4n) is 1.35. The lowest BCUT2D eigenvalue weighted by atomic mass is 10.2. The third-order valence-electron chi connectivity index (χ3n) is 2.16. The van der Waals surface area contributed by atoms with Crippen LogP contribution in [0.25, 0.3) is 10.9 Å². The molecular weight excluding hydrogens is 234 g/mol. The molecule has 86 valence electrons. The van der Waals surface area contributed by atoms with Crippen molar-refractivity contribution in [1.29, 1.82) is 0 Å². The molecule has 2 aromatic rings. The van der Waals surface area contributed by atoms with Crippen molar-refractivity contribution in [3.8, 4) is 0 Å². The molecule has 0 bridgehead atoms. The number of amides is 1. The predicted molar refractivity (Wildman–Crippen MR) is 71.4 cm³/mol. The van der Waals surface area contributed by atoms with Gasteiger partial charge in [0.05, 0.1) is 17.4 Å². The van der Waals surface area contributed by atoms with Gasteiger partial charge in [0.15, 0.2) is 0 Å². The maximum Gasteiger partial charge on any atom is 0.298 e. The maximum absolute atomic E-state index is 10.9. The molecule has 0 saturated carbocycles. The first kappa shape index (κ1) is 11.6. The molecule has 0 aliphatic rings. The van der Waals surface area contributed by atoms with Crippen LogP contribution in [0.2, 0.25) is 0 Å². The third kappa shape index (κ3) is 3.04. The van der Waals surface area contributed by atoms with Crippen molar-refractivity contribution in [3.05, 3.63) is 42.1 Å². The monoisotopic (exact) mass is 245 g/mol. The zero-order valence-electron chi connectivity index (χ0n) is 9.25. The highest BCUT2D eigenvalue weighted by molar-refractivity contribution is 8.12. The molecule has 0 saturated heterocycles. The maximum atomic E-state index is 10.9. The van der Waals surface area contributed by atoms with E-state index in [-0.39, 0.29) is 5.24 Å². The highest BCUT2D eigenvalue weighted by Gasteiger charge is 1.96. The predicted octanol–water partition coefficient (Wildman–Crippen LogP) is 2.64. The van der Waals surface area contributed by atoms with E-state index in [0.717, 1.165) is 22.7 Å². The summed E-state index contributed by atoms with van der Waals surface area (Å²) in [5.74, 6) is 0. The number of hydrazone groups is 1. The lowest BCUT2D eigenvalue weighted by Gasteiger charge is -1.98. The van der Waals surface area contributed by atoms with Crippen molar-refractivity contribution in [3.63, 3.8) is 0 Å². The zero-order chi connectivity index (χ0) is 12.1. The summed E-state index contributed by atoms with van der Waals surface area (Å²) in [4.78, 5) is 15.3. The van der Waals surface area contributed by atoms with Crippen molar-refractivity contribution in [2.45, 2.75) is 0 Å². The van der Waals surface area contributed by atoms with Gasteiger partial charge in [-0.3, -0.25) is 4.79 Å². The first-order chi connectivity index (χ1) is 8.29. The van der Waals surface area contributed by atoms with Gasteiger partial charge in [0.25, 0.3) is 5.24 Å². The SMILES string of the molecule is CSC(=O)N/N=C/c1ccc2ccccc2n1. The molecule has 0 fully saturated rings. The van der Waals surface area contributed by atoms with Crippen LogP contribution in [0.15, 0.2) is 41.5 Å². The minimum atomic E-state index is -0.193. The molecule has 2 rings (SSSR count). The molecule has 5 heteroatoms. The Bertz CT molecular complexity index is 568. The second-order valence-electron chi connectivity index (χ2n) is 3.29. The molecule has 0 radical (unpaired) electrons. The second-order valence-corrected chi connectivity index (χ2v) is 4.07. The molecule has 1 aromatic carbocycles. The average Bonchev–Trinajstić information content (AvgIpc) is 2.38. The van der Waals surface area contributed by atoms with Crippen molar-refractivity contribution in [1.82, 2.24) is 10.4 Å². The number of pyridine rings is 1. The lowest BCUT2D eigenvalue weighted by molar-refractivity contribution is 0.261. The normalized spacial score (nSPS) is 10.9. The van der Waals surface area contributed by atoms with Gasteiger partial charge in [-0.25, -0.2) is 10.4 Å². The van der Waals surface area contributed by atoms with Gasteiger partial charge in [0.1, 0.15) is 0 Å².